The summed E-state index contributed by atoms with van der Waals surface area (Å²) in [4.78, 5) is 13.5. The van der Waals surface area contributed by atoms with Crippen molar-refractivity contribution in [2.75, 3.05) is 0 Å². The molecule has 2 rings (SSSR count). The first kappa shape index (κ1) is 16.5. The third-order valence-corrected chi connectivity index (χ3v) is 5.01. The molecule has 0 unspecified atom stereocenters. The van der Waals surface area contributed by atoms with Crippen LogP contribution in [0.5, 0.6) is 0 Å². The maximum absolute atomic E-state index is 12.4. The summed E-state index contributed by atoms with van der Waals surface area (Å²) in [5.74, 6) is 0.130. The van der Waals surface area contributed by atoms with Crippen LogP contribution in [0.15, 0.2) is 17.5 Å². The van der Waals surface area contributed by atoms with E-state index in [0.29, 0.717) is 12.1 Å². The second-order valence-corrected chi connectivity index (χ2v) is 6.64. The SMILES string of the molecule is CC(C)(C(=O)NC1CCC(N)CC1)c1cccs1.Cl. The number of hydrogen-bond acceptors (Lipinski definition) is 3. The first-order chi connectivity index (χ1) is 8.50. The van der Waals surface area contributed by atoms with Gasteiger partial charge in [-0.3, -0.25) is 4.79 Å². The van der Waals surface area contributed by atoms with Crippen LogP contribution in [0.3, 0.4) is 0 Å². The Bertz CT molecular complexity index is 398. The van der Waals surface area contributed by atoms with Crippen LogP contribution in [0.1, 0.15) is 44.4 Å². The minimum absolute atomic E-state index is 0. The zero-order chi connectivity index (χ0) is 13.2. The molecule has 5 heteroatoms. The molecule has 3 N–H and O–H groups in total. The minimum atomic E-state index is -0.437. The zero-order valence-electron chi connectivity index (χ0n) is 11.5. The summed E-state index contributed by atoms with van der Waals surface area (Å²) in [6.07, 6.45) is 4.05. The van der Waals surface area contributed by atoms with E-state index in [1.54, 1.807) is 11.3 Å². The fraction of sp³-hybridized carbons (Fsp3) is 0.643. The predicted molar refractivity (Wildman–Crippen MR) is 83.0 cm³/mol. The van der Waals surface area contributed by atoms with Crippen molar-refractivity contribution in [3.63, 3.8) is 0 Å². The van der Waals surface area contributed by atoms with Gasteiger partial charge in [0.2, 0.25) is 5.91 Å². The van der Waals surface area contributed by atoms with E-state index in [9.17, 15) is 4.79 Å². The molecule has 1 fully saturated rings. The monoisotopic (exact) mass is 302 g/mol. The molecule has 3 nitrogen and oxygen atoms in total. The number of rotatable bonds is 3. The first-order valence-electron chi connectivity index (χ1n) is 6.60. The van der Waals surface area contributed by atoms with Crippen molar-refractivity contribution in [1.29, 1.82) is 0 Å². The van der Waals surface area contributed by atoms with E-state index >= 15 is 0 Å². The maximum atomic E-state index is 12.4. The molecule has 1 aliphatic rings. The van der Waals surface area contributed by atoms with Gasteiger partial charge in [0.05, 0.1) is 5.41 Å². The number of carbonyl (C=O) groups excluding carboxylic acids is 1. The van der Waals surface area contributed by atoms with Crippen LogP contribution in [0, 0.1) is 0 Å². The molecule has 19 heavy (non-hydrogen) atoms. The lowest BCUT2D eigenvalue weighted by molar-refractivity contribution is -0.126. The fourth-order valence-corrected chi connectivity index (χ4v) is 3.22. The Balaban J connectivity index is 0.00000180. The molecule has 0 atom stereocenters. The maximum Gasteiger partial charge on any atom is 0.231 e. The number of halogens is 1. The van der Waals surface area contributed by atoms with Gasteiger partial charge in [-0.05, 0) is 51.0 Å². The average molecular weight is 303 g/mol. The molecular formula is C14H23ClN2OS. The minimum Gasteiger partial charge on any atom is -0.353 e. The number of carbonyl (C=O) groups is 1. The summed E-state index contributed by atoms with van der Waals surface area (Å²) >= 11 is 1.64. The van der Waals surface area contributed by atoms with Crippen molar-refractivity contribution < 1.29 is 4.79 Å². The second kappa shape index (κ2) is 6.73. The Kier molecular flexibility index (Phi) is 5.83. The van der Waals surface area contributed by atoms with E-state index < -0.39 is 5.41 Å². The molecule has 0 spiro atoms. The third kappa shape index (κ3) is 3.94. The summed E-state index contributed by atoms with van der Waals surface area (Å²) in [5.41, 5.74) is 5.44. The molecule has 0 radical (unpaired) electrons. The van der Waals surface area contributed by atoms with Crippen molar-refractivity contribution in [1.82, 2.24) is 5.32 Å². The van der Waals surface area contributed by atoms with E-state index in [0.717, 1.165) is 30.6 Å². The highest BCUT2D eigenvalue weighted by molar-refractivity contribution is 7.10. The van der Waals surface area contributed by atoms with Gasteiger partial charge in [0.1, 0.15) is 0 Å². The summed E-state index contributed by atoms with van der Waals surface area (Å²) < 4.78 is 0. The van der Waals surface area contributed by atoms with Crippen LogP contribution >= 0.6 is 23.7 Å². The summed E-state index contributed by atoms with van der Waals surface area (Å²) in [5, 5.41) is 5.20. The van der Waals surface area contributed by atoms with Crippen molar-refractivity contribution in [3.05, 3.63) is 22.4 Å². The van der Waals surface area contributed by atoms with Gasteiger partial charge in [-0.15, -0.1) is 23.7 Å². The van der Waals surface area contributed by atoms with E-state index in [1.165, 1.54) is 0 Å². The number of thiophene rings is 1. The van der Waals surface area contributed by atoms with Gasteiger partial charge < -0.3 is 11.1 Å². The lowest BCUT2D eigenvalue weighted by atomic mass is 9.87. The molecule has 0 bridgehead atoms. The van der Waals surface area contributed by atoms with Crippen molar-refractivity contribution in [3.8, 4) is 0 Å². The molecular weight excluding hydrogens is 280 g/mol. The largest absolute Gasteiger partial charge is 0.353 e. The molecule has 1 heterocycles. The summed E-state index contributed by atoms with van der Waals surface area (Å²) in [6.45, 7) is 3.98. The highest BCUT2D eigenvalue weighted by atomic mass is 35.5. The van der Waals surface area contributed by atoms with E-state index in [1.807, 2.05) is 31.4 Å². The van der Waals surface area contributed by atoms with Crippen LogP contribution in [-0.2, 0) is 10.2 Å². The smallest absolute Gasteiger partial charge is 0.231 e. The van der Waals surface area contributed by atoms with Gasteiger partial charge in [0.15, 0.2) is 0 Å². The second-order valence-electron chi connectivity index (χ2n) is 5.69. The summed E-state index contributed by atoms with van der Waals surface area (Å²) in [7, 11) is 0. The molecule has 1 amide bonds. The normalized spacial score (nSPS) is 23.5. The van der Waals surface area contributed by atoms with Crippen LogP contribution in [0.25, 0.3) is 0 Å². The van der Waals surface area contributed by atoms with Crippen molar-refractivity contribution in [2.45, 2.75) is 57.0 Å². The standard InChI is InChI=1S/C14H22N2OS.ClH/c1-14(2,12-4-3-9-18-12)13(17)16-11-7-5-10(15)6-8-11;/h3-4,9-11H,5-8,15H2,1-2H3,(H,16,17);1H. The lowest BCUT2D eigenvalue weighted by Gasteiger charge is -2.30. The van der Waals surface area contributed by atoms with Crippen molar-refractivity contribution >= 4 is 29.7 Å². The third-order valence-electron chi connectivity index (χ3n) is 3.81. The molecule has 1 aromatic rings. The number of nitrogens with two attached hydrogens (primary N) is 1. The molecule has 108 valence electrons. The molecule has 1 aliphatic carbocycles. The summed E-state index contributed by atoms with van der Waals surface area (Å²) in [6, 6.07) is 4.65. The highest BCUT2D eigenvalue weighted by Gasteiger charge is 2.32. The molecule has 0 aromatic carbocycles. The van der Waals surface area contributed by atoms with Crippen LogP contribution in [0.2, 0.25) is 0 Å². The molecule has 0 aliphatic heterocycles. The Labute approximate surface area is 125 Å². The lowest BCUT2D eigenvalue weighted by Crippen LogP contribution is -2.47. The quantitative estimate of drug-likeness (QED) is 0.902. The van der Waals surface area contributed by atoms with Gasteiger partial charge in [0, 0.05) is 17.0 Å². The Morgan fingerprint density at radius 2 is 2.00 bits per heavy atom. The molecule has 0 saturated heterocycles. The highest BCUT2D eigenvalue weighted by Crippen LogP contribution is 2.28. The Morgan fingerprint density at radius 3 is 2.53 bits per heavy atom. The van der Waals surface area contributed by atoms with E-state index in [2.05, 4.69) is 5.32 Å². The average Bonchev–Trinajstić information content (AvgIpc) is 2.86. The van der Waals surface area contributed by atoms with Crippen LogP contribution in [0.4, 0.5) is 0 Å². The van der Waals surface area contributed by atoms with E-state index in [-0.39, 0.29) is 18.3 Å². The van der Waals surface area contributed by atoms with Gasteiger partial charge in [-0.2, -0.15) is 0 Å². The fourth-order valence-electron chi connectivity index (χ4n) is 2.38. The number of hydrogen-bond donors (Lipinski definition) is 2. The van der Waals surface area contributed by atoms with Gasteiger partial charge in [-0.1, -0.05) is 6.07 Å². The molecule has 1 saturated carbocycles. The predicted octanol–water partition coefficient (Wildman–Crippen LogP) is 2.83. The van der Waals surface area contributed by atoms with Crippen molar-refractivity contribution in [2.24, 2.45) is 5.73 Å². The topological polar surface area (TPSA) is 55.1 Å². The van der Waals surface area contributed by atoms with Gasteiger partial charge >= 0.3 is 0 Å². The number of amides is 1. The van der Waals surface area contributed by atoms with Crippen LogP contribution in [-0.4, -0.2) is 18.0 Å². The Hall–Kier alpha value is -0.580. The first-order valence-corrected chi connectivity index (χ1v) is 7.48. The number of nitrogens with one attached hydrogen (secondary N) is 1. The van der Waals surface area contributed by atoms with E-state index in [4.69, 9.17) is 5.73 Å². The van der Waals surface area contributed by atoms with Gasteiger partial charge in [-0.25, -0.2) is 0 Å². The van der Waals surface area contributed by atoms with Gasteiger partial charge in [0.25, 0.3) is 0 Å². The molecule has 1 aromatic heterocycles. The van der Waals surface area contributed by atoms with Crippen LogP contribution < -0.4 is 11.1 Å². The Morgan fingerprint density at radius 1 is 1.37 bits per heavy atom. The zero-order valence-corrected chi connectivity index (χ0v) is 13.2.